The zero-order chi connectivity index (χ0) is 17.2. The van der Waals surface area contributed by atoms with Crippen LogP contribution in [0.15, 0.2) is 36.7 Å². The molecule has 0 saturated carbocycles. The van der Waals surface area contributed by atoms with E-state index in [1.807, 2.05) is 50.5 Å². The Morgan fingerprint density at radius 1 is 1.21 bits per heavy atom. The van der Waals surface area contributed by atoms with Crippen molar-refractivity contribution < 1.29 is 8.42 Å². The Bertz CT molecular complexity index is 790. The van der Waals surface area contributed by atoms with Crippen molar-refractivity contribution in [3.63, 3.8) is 0 Å². The van der Waals surface area contributed by atoms with Gasteiger partial charge in [-0.3, -0.25) is 0 Å². The fourth-order valence-electron chi connectivity index (χ4n) is 3.35. The highest BCUT2D eigenvalue weighted by Crippen LogP contribution is 2.23. The van der Waals surface area contributed by atoms with Gasteiger partial charge >= 0.3 is 0 Å². The molecule has 0 aliphatic carbocycles. The van der Waals surface area contributed by atoms with Crippen molar-refractivity contribution in [2.45, 2.75) is 39.0 Å². The monoisotopic (exact) mass is 347 g/mol. The van der Waals surface area contributed by atoms with Crippen molar-refractivity contribution in [1.82, 2.24) is 13.9 Å². The lowest BCUT2D eigenvalue weighted by molar-refractivity contribution is 0.251. The summed E-state index contributed by atoms with van der Waals surface area (Å²) < 4.78 is 29.1. The van der Waals surface area contributed by atoms with Crippen molar-refractivity contribution in [3.05, 3.63) is 53.6 Å². The zero-order valence-corrected chi connectivity index (χ0v) is 15.2. The third-order valence-corrected chi connectivity index (χ3v) is 6.63. The van der Waals surface area contributed by atoms with E-state index in [2.05, 4.69) is 9.55 Å². The molecular weight excluding hydrogens is 322 g/mol. The molecule has 2 aromatic rings. The van der Waals surface area contributed by atoms with Crippen molar-refractivity contribution in [3.8, 4) is 0 Å². The SMILES string of the molecule is Cc1cccc(CS(=O)(=O)N2CCC(Cn3ccnc3C)CC2)c1. The molecular formula is C18H25N3O2S. The molecule has 0 amide bonds. The number of hydrogen-bond donors (Lipinski definition) is 0. The highest BCUT2D eigenvalue weighted by Gasteiger charge is 2.28. The summed E-state index contributed by atoms with van der Waals surface area (Å²) in [6, 6.07) is 7.74. The molecule has 6 heteroatoms. The van der Waals surface area contributed by atoms with Crippen LogP contribution in [0.1, 0.15) is 29.8 Å². The molecule has 1 aromatic carbocycles. The van der Waals surface area contributed by atoms with Gasteiger partial charge in [0.1, 0.15) is 5.82 Å². The summed E-state index contributed by atoms with van der Waals surface area (Å²) in [7, 11) is -3.23. The highest BCUT2D eigenvalue weighted by molar-refractivity contribution is 7.88. The second-order valence-corrected chi connectivity index (χ2v) is 8.68. The first-order valence-corrected chi connectivity index (χ1v) is 10.1. The van der Waals surface area contributed by atoms with Crippen LogP contribution in [0.25, 0.3) is 0 Å². The van der Waals surface area contributed by atoms with Crippen molar-refractivity contribution >= 4 is 10.0 Å². The lowest BCUT2D eigenvalue weighted by atomic mass is 9.98. The van der Waals surface area contributed by atoms with Crippen molar-refractivity contribution in [2.24, 2.45) is 5.92 Å². The molecule has 1 fully saturated rings. The molecule has 0 atom stereocenters. The van der Waals surface area contributed by atoms with Gasteiger partial charge in [-0.25, -0.2) is 17.7 Å². The summed E-state index contributed by atoms with van der Waals surface area (Å²) in [5, 5.41) is 0. The number of benzene rings is 1. The van der Waals surface area contributed by atoms with Gasteiger partial charge in [-0.2, -0.15) is 0 Å². The van der Waals surface area contributed by atoms with Crippen LogP contribution in [0.4, 0.5) is 0 Å². The molecule has 1 aromatic heterocycles. The fourth-order valence-corrected chi connectivity index (χ4v) is 4.90. The number of imidazole rings is 1. The van der Waals surface area contributed by atoms with E-state index in [1.165, 1.54) is 0 Å². The lowest BCUT2D eigenvalue weighted by Gasteiger charge is -2.31. The van der Waals surface area contributed by atoms with Crippen LogP contribution in [0.5, 0.6) is 0 Å². The van der Waals surface area contributed by atoms with Crippen molar-refractivity contribution in [2.75, 3.05) is 13.1 Å². The molecule has 0 N–H and O–H groups in total. The molecule has 0 unspecified atom stereocenters. The smallest absolute Gasteiger partial charge is 0.218 e. The van der Waals surface area contributed by atoms with Crippen LogP contribution in [0.3, 0.4) is 0 Å². The lowest BCUT2D eigenvalue weighted by Crippen LogP contribution is -2.39. The topological polar surface area (TPSA) is 55.2 Å². The van der Waals surface area contributed by atoms with Gasteiger partial charge in [-0.05, 0) is 38.2 Å². The molecule has 3 rings (SSSR count). The fraction of sp³-hybridized carbons (Fsp3) is 0.500. The Morgan fingerprint density at radius 2 is 1.96 bits per heavy atom. The summed E-state index contributed by atoms with van der Waals surface area (Å²) in [4.78, 5) is 4.25. The Kier molecular flexibility index (Phi) is 5.06. The van der Waals surface area contributed by atoms with Crippen LogP contribution >= 0.6 is 0 Å². The van der Waals surface area contributed by atoms with Gasteiger partial charge in [0.05, 0.1) is 5.75 Å². The first-order chi connectivity index (χ1) is 11.4. The Labute approximate surface area is 144 Å². The maximum Gasteiger partial charge on any atom is 0.218 e. The summed E-state index contributed by atoms with van der Waals surface area (Å²) >= 11 is 0. The van der Waals surface area contributed by atoms with Crippen molar-refractivity contribution in [1.29, 1.82) is 0 Å². The maximum atomic E-state index is 12.7. The Morgan fingerprint density at radius 3 is 2.58 bits per heavy atom. The van der Waals surface area contributed by atoms with E-state index in [4.69, 9.17) is 0 Å². The zero-order valence-electron chi connectivity index (χ0n) is 14.4. The van der Waals surface area contributed by atoms with Gasteiger partial charge in [-0.1, -0.05) is 29.8 Å². The summed E-state index contributed by atoms with van der Waals surface area (Å²) in [6.07, 6.45) is 5.63. The van der Waals surface area contributed by atoms with E-state index in [1.54, 1.807) is 4.31 Å². The third kappa shape index (κ3) is 4.05. The molecule has 130 valence electrons. The number of rotatable bonds is 5. The maximum absolute atomic E-state index is 12.7. The minimum atomic E-state index is -3.23. The number of aryl methyl sites for hydroxylation is 2. The first-order valence-electron chi connectivity index (χ1n) is 8.45. The first kappa shape index (κ1) is 17.2. The number of nitrogens with zero attached hydrogens (tertiary/aromatic N) is 3. The Hall–Kier alpha value is -1.66. The van der Waals surface area contributed by atoms with Gasteiger partial charge in [0, 0.05) is 32.0 Å². The largest absolute Gasteiger partial charge is 0.335 e. The van der Waals surface area contributed by atoms with E-state index < -0.39 is 10.0 Å². The van der Waals surface area contributed by atoms with Crippen LogP contribution < -0.4 is 0 Å². The molecule has 5 nitrogen and oxygen atoms in total. The molecule has 2 heterocycles. The molecule has 1 aliphatic heterocycles. The Balaban J connectivity index is 1.58. The average Bonchev–Trinajstić information content (AvgIpc) is 2.92. The summed E-state index contributed by atoms with van der Waals surface area (Å²) in [5.74, 6) is 1.63. The summed E-state index contributed by atoms with van der Waals surface area (Å²) in [5.41, 5.74) is 1.96. The van der Waals surface area contributed by atoms with Gasteiger partial charge in [-0.15, -0.1) is 0 Å². The predicted molar refractivity (Wildman–Crippen MR) is 95.1 cm³/mol. The number of sulfonamides is 1. The minimum absolute atomic E-state index is 0.0972. The second kappa shape index (κ2) is 7.07. The highest BCUT2D eigenvalue weighted by atomic mass is 32.2. The van der Waals surface area contributed by atoms with Gasteiger partial charge in [0.25, 0.3) is 0 Å². The number of hydrogen-bond acceptors (Lipinski definition) is 3. The molecule has 0 bridgehead atoms. The second-order valence-electron chi connectivity index (χ2n) is 6.71. The summed E-state index contributed by atoms with van der Waals surface area (Å²) in [6.45, 7) is 6.15. The van der Waals surface area contributed by atoms with E-state index in [9.17, 15) is 8.42 Å². The molecule has 0 radical (unpaired) electrons. The van der Waals surface area contributed by atoms with Crippen LogP contribution in [0.2, 0.25) is 0 Å². The van der Waals surface area contributed by atoms with Gasteiger partial charge < -0.3 is 4.57 Å². The normalized spacial score (nSPS) is 17.2. The molecule has 24 heavy (non-hydrogen) atoms. The van der Waals surface area contributed by atoms with E-state index in [0.717, 1.165) is 36.3 Å². The van der Waals surface area contributed by atoms with Gasteiger partial charge in [0.15, 0.2) is 0 Å². The van der Waals surface area contributed by atoms with E-state index in [0.29, 0.717) is 19.0 Å². The predicted octanol–water partition coefficient (Wildman–Crippen LogP) is 2.74. The quantitative estimate of drug-likeness (QED) is 0.836. The number of aromatic nitrogens is 2. The van der Waals surface area contributed by atoms with E-state index in [-0.39, 0.29) is 5.75 Å². The van der Waals surface area contributed by atoms with E-state index >= 15 is 0 Å². The van der Waals surface area contributed by atoms with Crippen LogP contribution in [0, 0.1) is 19.8 Å². The minimum Gasteiger partial charge on any atom is -0.335 e. The van der Waals surface area contributed by atoms with Gasteiger partial charge in [0.2, 0.25) is 10.0 Å². The molecule has 0 spiro atoms. The van der Waals surface area contributed by atoms with Crippen LogP contribution in [-0.2, 0) is 22.3 Å². The van der Waals surface area contributed by atoms with Crippen LogP contribution in [-0.4, -0.2) is 35.4 Å². The number of piperidine rings is 1. The molecule has 1 aliphatic rings. The molecule has 1 saturated heterocycles. The standard InChI is InChI=1S/C18H25N3O2S/c1-15-4-3-5-18(12-15)14-24(22,23)21-9-6-17(7-10-21)13-20-11-8-19-16(20)2/h3-5,8,11-12,17H,6-7,9-10,13-14H2,1-2H3. The average molecular weight is 347 g/mol. The third-order valence-electron chi connectivity index (χ3n) is 4.78.